The molecular weight excluding hydrogens is 378 g/mol. The van der Waals surface area contributed by atoms with Gasteiger partial charge in [0, 0.05) is 24.8 Å². The summed E-state index contributed by atoms with van der Waals surface area (Å²) in [5, 5.41) is 4.92. The highest BCUT2D eigenvalue weighted by molar-refractivity contribution is 6.30. The summed E-state index contributed by atoms with van der Waals surface area (Å²) in [6, 6.07) is 6.91. The van der Waals surface area contributed by atoms with Crippen LogP contribution in [0.5, 0.6) is 11.6 Å². The van der Waals surface area contributed by atoms with Crippen molar-refractivity contribution in [2.24, 2.45) is 7.05 Å². The SMILES string of the molecule is Cc1nn(C)cc1C(=O)N1CCCC1c1cncc(Oc2ccc(Cl)cc2)n1. The van der Waals surface area contributed by atoms with Crippen molar-refractivity contribution in [3.63, 3.8) is 0 Å². The van der Waals surface area contributed by atoms with Crippen LogP contribution in [-0.2, 0) is 7.05 Å². The Morgan fingerprint density at radius 1 is 1.25 bits per heavy atom. The molecular formula is C20H20ClN5O2. The van der Waals surface area contributed by atoms with Crippen LogP contribution < -0.4 is 4.74 Å². The summed E-state index contributed by atoms with van der Waals surface area (Å²) in [6.07, 6.45) is 6.77. The van der Waals surface area contributed by atoms with Crippen LogP contribution in [0.1, 0.15) is 40.6 Å². The number of amides is 1. The molecule has 0 spiro atoms. The molecule has 144 valence electrons. The van der Waals surface area contributed by atoms with E-state index in [1.54, 1.807) is 47.5 Å². The number of carbonyl (C=O) groups excluding carboxylic acids is 1. The van der Waals surface area contributed by atoms with Crippen LogP contribution in [0, 0.1) is 6.92 Å². The normalized spacial score (nSPS) is 16.4. The number of hydrogen-bond acceptors (Lipinski definition) is 5. The lowest BCUT2D eigenvalue weighted by Crippen LogP contribution is -2.31. The smallest absolute Gasteiger partial charge is 0.257 e. The predicted molar refractivity (Wildman–Crippen MR) is 105 cm³/mol. The maximum atomic E-state index is 13.1. The number of ether oxygens (including phenoxy) is 1. The van der Waals surface area contributed by atoms with Crippen LogP contribution in [0.15, 0.2) is 42.9 Å². The second kappa shape index (κ2) is 7.59. The molecule has 1 aliphatic heterocycles. The van der Waals surface area contributed by atoms with E-state index in [4.69, 9.17) is 16.3 Å². The fourth-order valence-electron chi connectivity index (χ4n) is 3.48. The number of aromatic nitrogens is 4. The first-order chi connectivity index (χ1) is 13.5. The van der Waals surface area contributed by atoms with Crippen molar-refractivity contribution in [2.45, 2.75) is 25.8 Å². The molecule has 2 aromatic heterocycles. The van der Waals surface area contributed by atoms with Gasteiger partial charge in [-0.15, -0.1) is 0 Å². The highest BCUT2D eigenvalue weighted by Crippen LogP contribution is 2.33. The first-order valence-corrected chi connectivity index (χ1v) is 9.45. The monoisotopic (exact) mass is 397 g/mol. The van der Waals surface area contributed by atoms with Crippen LogP contribution in [0.4, 0.5) is 0 Å². The summed E-state index contributed by atoms with van der Waals surface area (Å²) in [6.45, 7) is 2.53. The van der Waals surface area contributed by atoms with E-state index in [-0.39, 0.29) is 11.9 Å². The van der Waals surface area contributed by atoms with E-state index in [1.165, 1.54) is 0 Å². The van der Waals surface area contributed by atoms with Gasteiger partial charge in [0.1, 0.15) is 5.75 Å². The molecule has 0 radical (unpaired) electrons. The van der Waals surface area contributed by atoms with Gasteiger partial charge in [-0.1, -0.05) is 11.6 Å². The van der Waals surface area contributed by atoms with Crippen LogP contribution in [-0.4, -0.2) is 37.1 Å². The van der Waals surface area contributed by atoms with Gasteiger partial charge in [-0.25, -0.2) is 4.98 Å². The van der Waals surface area contributed by atoms with Gasteiger partial charge in [0.05, 0.1) is 35.4 Å². The zero-order chi connectivity index (χ0) is 19.7. The molecule has 7 nitrogen and oxygen atoms in total. The molecule has 3 heterocycles. The number of nitrogens with zero attached hydrogens (tertiary/aromatic N) is 5. The molecule has 0 bridgehead atoms. The fraction of sp³-hybridized carbons (Fsp3) is 0.300. The van der Waals surface area contributed by atoms with Crippen LogP contribution in [0.2, 0.25) is 5.02 Å². The number of likely N-dealkylation sites (tertiary alicyclic amines) is 1. The molecule has 0 N–H and O–H groups in total. The molecule has 1 saturated heterocycles. The number of carbonyl (C=O) groups is 1. The number of rotatable bonds is 4. The van der Waals surface area contributed by atoms with Crippen molar-refractivity contribution in [3.05, 3.63) is 64.8 Å². The molecule has 8 heteroatoms. The van der Waals surface area contributed by atoms with Gasteiger partial charge in [-0.2, -0.15) is 5.10 Å². The van der Waals surface area contributed by atoms with Crippen LogP contribution >= 0.6 is 11.6 Å². The number of aryl methyl sites for hydroxylation is 2. The number of hydrogen-bond donors (Lipinski definition) is 0. The zero-order valence-corrected chi connectivity index (χ0v) is 16.4. The summed E-state index contributed by atoms with van der Waals surface area (Å²) in [7, 11) is 1.81. The Bertz CT molecular complexity index is 1000. The number of halogens is 1. The van der Waals surface area contributed by atoms with Gasteiger partial charge in [-0.05, 0) is 44.0 Å². The van der Waals surface area contributed by atoms with Crippen molar-refractivity contribution < 1.29 is 9.53 Å². The molecule has 1 atom stereocenters. The number of benzene rings is 1. The van der Waals surface area contributed by atoms with Gasteiger partial charge < -0.3 is 9.64 Å². The predicted octanol–water partition coefficient (Wildman–Crippen LogP) is 3.94. The highest BCUT2D eigenvalue weighted by atomic mass is 35.5. The third-order valence-electron chi connectivity index (χ3n) is 4.77. The van der Waals surface area contributed by atoms with Gasteiger partial charge in [-0.3, -0.25) is 14.5 Å². The summed E-state index contributed by atoms with van der Waals surface area (Å²) in [5.41, 5.74) is 2.07. The van der Waals surface area contributed by atoms with Crippen molar-refractivity contribution in [2.75, 3.05) is 6.54 Å². The molecule has 1 amide bonds. The largest absolute Gasteiger partial charge is 0.437 e. The summed E-state index contributed by atoms with van der Waals surface area (Å²) < 4.78 is 7.45. The summed E-state index contributed by atoms with van der Waals surface area (Å²) >= 11 is 5.91. The van der Waals surface area contributed by atoms with Gasteiger partial charge >= 0.3 is 0 Å². The minimum absolute atomic E-state index is 0.0288. The van der Waals surface area contributed by atoms with Crippen LogP contribution in [0.3, 0.4) is 0 Å². The van der Waals surface area contributed by atoms with Crippen molar-refractivity contribution in [1.29, 1.82) is 0 Å². The average Bonchev–Trinajstić information content (AvgIpc) is 3.30. The van der Waals surface area contributed by atoms with Gasteiger partial charge in [0.15, 0.2) is 0 Å². The van der Waals surface area contributed by atoms with E-state index >= 15 is 0 Å². The quantitative estimate of drug-likeness (QED) is 0.666. The van der Waals surface area contributed by atoms with E-state index in [0.717, 1.165) is 24.2 Å². The lowest BCUT2D eigenvalue weighted by atomic mass is 10.1. The molecule has 4 rings (SSSR count). The Balaban J connectivity index is 1.56. The molecule has 1 aromatic carbocycles. The third kappa shape index (κ3) is 3.71. The van der Waals surface area contributed by atoms with E-state index in [0.29, 0.717) is 28.8 Å². The van der Waals surface area contributed by atoms with Crippen molar-refractivity contribution >= 4 is 17.5 Å². The lowest BCUT2D eigenvalue weighted by Gasteiger charge is -2.24. The van der Waals surface area contributed by atoms with E-state index in [1.807, 2.05) is 18.9 Å². The van der Waals surface area contributed by atoms with Crippen LogP contribution in [0.25, 0.3) is 0 Å². The summed E-state index contributed by atoms with van der Waals surface area (Å²) in [4.78, 5) is 23.8. The summed E-state index contributed by atoms with van der Waals surface area (Å²) in [5.74, 6) is 0.983. The molecule has 28 heavy (non-hydrogen) atoms. The second-order valence-corrected chi connectivity index (χ2v) is 7.23. The zero-order valence-electron chi connectivity index (χ0n) is 15.7. The minimum atomic E-state index is -0.131. The molecule has 0 saturated carbocycles. The molecule has 3 aromatic rings. The Hall–Kier alpha value is -2.93. The molecule has 1 fully saturated rings. The Morgan fingerprint density at radius 2 is 2.04 bits per heavy atom. The standard InChI is InChI=1S/C20H20ClN5O2/c1-13-16(12-25(2)24-13)20(27)26-9-3-4-18(26)17-10-22-11-19(23-17)28-15-7-5-14(21)6-8-15/h5-8,10-12,18H,3-4,9H2,1-2H3. The van der Waals surface area contributed by atoms with E-state index in [2.05, 4.69) is 15.1 Å². The van der Waals surface area contributed by atoms with Gasteiger partial charge in [0.25, 0.3) is 5.91 Å². The molecule has 1 unspecified atom stereocenters. The van der Waals surface area contributed by atoms with E-state index < -0.39 is 0 Å². The minimum Gasteiger partial charge on any atom is -0.437 e. The Kier molecular flexibility index (Phi) is 5.00. The lowest BCUT2D eigenvalue weighted by molar-refractivity contribution is 0.0731. The first-order valence-electron chi connectivity index (χ1n) is 9.08. The maximum absolute atomic E-state index is 13.1. The Morgan fingerprint density at radius 3 is 2.75 bits per heavy atom. The van der Waals surface area contributed by atoms with Gasteiger partial charge in [0.2, 0.25) is 5.88 Å². The Labute approximate surface area is 167 Å². The molecule has 0 aliphatic carbocycles. The van der Waals surface area contributed by atoms with Crippen molar-refractivity contribution in [3.8, 4) is 11.6 Å². The first kappa shape index (κ1) is 18.4. The highest BCUT2D eigenvalue weighted by Gasteiger charge is 2.33. The second-order valence-electron chi connectivity index (χ2n) is 6.80. The fourth-order valence-corrected chi connectivity index (χ4v) is 3.60. The topological polar surface area (TPSA) is 73.1 Å². The third-order valence-corrected chi connectivity index (χ3v) is 5.02. The maximum Gasteiger partial charge on any atom is 0.257 e. The van der Waals surface area contributed by atoms with Crippen molar-refractivity contribution in [1.82, 2.24) is 24.6 Å². The van der Waals surface area contributed by atoms with E-state index in [9.17, 15) is 4.79 Å². The molecule has 1 aliphatic rings. The average molecular weight is 398 g/mol.